The van der Waals surface area contributed by atoms with Crippen LogP contribution in [0.5, 0.6) is 0 Å². The smallest absolute Gasteiger partial charge is 0.109 e. The van der Waals surface area contributed by atoms with Crippen molar-refractivity contribution in [1.29, 1.82) is 0 Å². The largest absolute Gasteiger partial charge is 0.388 e. The Bertz CT molecular complexity index is 2220. The molecule has 5 aliphatic rings. The van der Waals surface area contributed by atoms with Crippen LogP contribution in [-0.4, -0.2) is 407 Å². The van der Waals surface area contributed by atoms with E-state index in [1.54, 1.807) is 5.57 Å². The summed E-state index contributed by atoms with van der Waals surface area (Å²) in [5.41, 5.74) is 2.20. The zero-order valence-corrected chi connectivity index (χ0v) is 74.6. The van der Waals surface area contributed by atoms with Gasteiger partial charge in [-0.15, -0.1) is 0 Å². The third-order valence-electron chi connectivity index (χ3n) is 22.8. The maximum atomic E-state index is 11.7. The average molecular weight is 1720 g/mol. The Labute approximate surface area is 715 Å². The van der Waals surface area contributed by atoms with Gasteiger partial charge in [-0.1, -0.05) is 66.0 Å². The lowest BCUT2D eigenvalue weighted by Crippen LogP contribution is -2.51. The number of fused-ring (bicyclic) bond motifs is 5. The molecule has 1 N–H and O–H groups in total. The molecule has 11 atom stereocenters. The van der Waals surface area contributed by atoms with Gasteiger partial charge in [-0.3, -0.25) is 0 Å². The van der Waals surface area contributed by atoms with E-state index in [9.17, 15) is 5.11 Å². The van der Waals surface area contributed by atoms with Crippen molar-refractivity contribution >= 4 is 0 Å². The van der Waals surface area contributed by atoms with Crippen LogP contribution in [0.15, 0.2) is 11.6 Å². The minimum Gasteiger partial charge on any atom is -0.388 e. The Morgan fingerprint density at radius 1 is 0.303 bits per heavy atom. The van der Waals surface area contributed by atoms with Crippen molar-refractivity contribution in [3.63, 3.8) is 0 Å². The molecule has 0 spiro atoms. The Balaban J connectivity index is 0.897. The lowest BCUT2D eigenvalue weighted by atomic mass is 9.47. The predicted octanol–water partition coefficient (Wildman–Crippen LogP) is 7.88. The quantitative estimate of drug-likeness (QED) is 0.237. The normalized spacial score (nSPS) is 30.8. The van der Waals surface area contributed by atoms with Crippen LogP contribution < -0.4 is 0 Å². The fraction of sp³-hybridized carbons (Fsp3) is 0.977. The average Bonchev–Trinajstić information content (AvgIpc) is 1.66. The van der Waals surface area contributed by atoms with Crippen LogP contribution in [0.1, 0.15) is 106 Å². The molecule has 119 heavy (non-hydrogen) atoms. The van der Waals surface area contributed by atoms with Crippen molar-refractivity contribution in [3.05, 3.63) is 11.6 Å². The number of ether oxygens (including phenoxy) is 30. The molecule has 0 aromatic heterocycles. The Morgan fingerprint density at radius 3 is 0.815 bits per heavy atom. The first-order chi connectivity index (χ1) is 58.6. The highest BCUT2D eigenvalue weighted by Crippen LogP contribution is 2.67. The summed E-state index contributed by atoms with van der Waals surface area (Å²) in [6, 6.07) is 0. The van der Waals surface area contributed by atoms with Crippen molar-refractivity contribution in [2.24, 2.45) is 52.3 Å². The number of aliphatic hydroxyl groups excluding tert-OH is 1. The third-order valence-corrected chi connectivity index (χ3v) is 22.8. The summed E-state index contributed by atoms with van der Waals surface area (Å²) in [5, 5.41) is 11.7. The molecule has 31 heteroatoms. The number of hydrogen-bond donors (Lipinski definition) is 1. The van der Waals surface area contributed by atoms with Gasteiger partial charge in [0.15, 0.2) is 0 Å². The minimum atomic E-state index is -0.894. The lowest BCUT2D eigenvalue weighted by Gasteiger charge is -2.58. The molecule has 4 fully saturated rings. The highest BCUT2D eigenvalue weighted by Gasteiger charge is 2.59. The molecule has 1 heterocycles. The maximum absolute atomic E-state index is 11.7. The molecule has 1 saturated heterocycles. The van der Waals surface area contributed by atoms with Gasteiger partial charge in [0.05, 0.1) is 389 Å². The van der Waals surface area contributed by atoms with Crippen LogP contribution in [0.3, 0.4) is 0 Å². The molecule has 3 saturated carbocycles. The molecule has 4 aliphatic carbocycles. The van der Waals surface area contributed by atoms with E-state index in [1.165, 1.54) is 44.9 Å². The molecule has 3 unspecified atom stereocenters. The second-order valence-electron chi connectivity index (χ2n) is 31.6. The first kappa shape index (κ1) is 108. The molecular weight excluding hydrogens is 1550 g/mol. The zero-order valence-electron chi connectivity index (χ0n) is 74.6. The van der Waals surface area contributed by atoms with E-state index in [2.05, 4.69) is 47.6 Å². The number of rotatable bonds is 7. The summed E-state index contributed by atoms with van der Waals surface area (Å²) in [5.74, 6) is 5.43. The second kappa shape index (κ2) is 76.5. The van der Waals surface area contributed by atoms with Crippen LogP contribution in [0, 0.1) is 52.3 Å². The number of aliphatic hydroxyl groups is 1. The van der Waals surface area contributed by atoms with E-state index in [4.69, 9.17) is 142 Å². The number of hydrogen-bond acceptors (Lipinski definition) is 31. The standard InChI is InChI=1S/C88H166O31/c1-76(2)77(3)7-8-78(4)82-11-12-83-81-10-9-79-73-80(13-15-87(79,5)84(81)14-16-88(82,83)6)119-86-75-118-72-70-116-68-66-114-64-62-112-60-58-110-56-54-108-52-50-106-48-46-104-44-42-102-40-38-100-36-34-98-32-30-96-28-26-94-24-22-92-20-18-90-17-19-91-21-23-93-25-27-95-29-31-97-33-35-99-37-39-101-41-43-103-45-47-105-49-51-107-53-55-109-57-59-111-61-63-113-65-67-115-69-71-117-74-85(86)89/h9,76-78,80-86,89H,7-8,10-75H2,1-6H3/t77-,78-,80?,81+,82-,83+,84+,85?,86?,87+,88-/m1/s1. The fourth-order valence-corrected chi connectivity index (χ4v) is 15.8. The van der Waals surface area contributed by atoms with Crippen molar-refractivity contribution in [1.82, 2.24) is 0 Å². The van der Waals surface area contributed by atoms with Gasteiger partial charge in [-0.05, 0) is 104 Å². The molecule has 0 bridgehead atoms. The van der Waals surface area contributed by atoms with Crippen molar-refractivity contribution < 1.29 is 147 Å². The van der Waals surface area contributed by atoms with Gasteiger partial charge in [0, 0.05) is 0 Å². The highest BCUT2D eigenvalue weighted by atomic mass is 16.6. The molecule has 704 valence electrons. The highest BCUT2D eigenvalue weighted by molar-refractivity contribution is 5.25. The first-order valence-electron chi connectivity index (χ1n) is 45.4. The van der Waals surface area contributed by atoms with E-state index in [1.807, 2.05) is 0 Å². The van der Waals surface area contributed by atoms with Gasteiger partial charge >= 0.3 is 0 Å². The van der Waals surface area contributed by atoms with E-state index < -0.39 is 12.2 Å². The van der Waals surface area contributed by atoms with Crippen molar-refractivity contribution in [3.8, 4) is 0 Å². The summed E-state index contributed by atoms with van der Waals surface area (Å²) in [6.07, 6.45) is 13.4. The summed E-state index contributed by atoms with van der Waals surface area (Å²) in [6.45, 7) is 41.1. The molecule has 5 rings (SSSR count). The van der Waals surface area contributed by atoms with E-state index >= 15 is 0 Å². The van der Waals surface area contributed by atoms with Crippen LogP contribution in [0.25, 0.3) is 0 Å². The Hall–Kier alpha value is -1.50. The zero-order chi connectivity index (χ0) is 84.4. The van der Waals surface area contributed by atoms with Gasteiger partial charge in [-0.25, -0.2) is 0 Å². The summed E-state index contributed by atoms with van der Waals surface area (Å²) in [7, 11) is 0. The fourth-order valence-electron chi connectivity index (χ4n) is 15.8. The maximum Gasteiger partial charge on any atom is 0.109 e. The topological polar surface area (TPSA) is 297 Å². The van der Waals surface area contributed by atoms with Crippen LogP contribution in [0.2, 0.25) is 0 Å². The van der Waals surface area contributed by atoms with Crippen molar-refractivity contribution in [2.45, 2.75) is 124 Å². The molecule has 1 aliphatic heterocycles. The molecule has 0 aromatic rings. The van der Waals surface area contributed by atoms with Gasteiger partial charge in [0.2, 0.25) is 0 Å². The number of allylic oxidation sites excluding steroid dienone is 1. The van der Waals surface area contributed by atoms with E-state index in [-0.39, 0.29) is 24.7 Å². The van der Waals surface area contributed by atoms with E-state index in [0.717, 1.165) is 54.8 Å². The Kier molecular flexibility index (Phi) is 69.5. The second-order valence-corrected chi connectivity index (χ2v) is 31.6. The summed E-state index contributed by atoms with van der Waals surface area (Å²) < 4.78 is 171. The van der Waals surface area contributed by atoms with Gasteiger partial charge in [0.1, 0.15) is 12.2 Å². The molecule has 0 amide bonds. The molecule has 0 aromatic carbocycles. The van der Waals surface area contributed by atoms with Gasteiger partial charge in [0.25, 0.3) is 0 Å². The third kappa shape index (κ3) is 54.4. The lowest BCUT2D eigenvalue weighted by molar-refractivity contribution is -0.142. The SMILES string of the molecule is CC(C)[C@H](C)CC[C@@H](C)[C@H]1CC[C@H]2[C@@H]3CC=C4CC(OC5COCCOCCOCCOCCOCCOCCOCCOCCOCCOCCOCCOCCOCCOCCOCCOCCOCCOCCOCCOCCOCCOCCOCCOCCOCCOCCOCCOCCOCC5O)CC[C@]4(C)[C@H]3CC[C@]12C. The van der Waals surface area contributed by atoms with Crippen molar-refractivity contribution in [2.75, 3.05) is 383 Å². The van der Waals surface area contributed by atoms with Gasteiger partial charge in [-0.2, -0.15) is 0 Å². The molecular formula is C88H166O31. The molecule has 0 radical (unpaired) electrons. The summed E-state index contributed by atoms with van der Waals surface area (Å²) >= 11 is 0. The molecule has 31 nitrogen and oxygen atoms in total. The predicted molar refractivity (Wildman–Crippen MR) is 446 cm³/mol. The minimum absolute atomic E-state index is 0.0140. The monoisotopic (exact) mass is 1720 g/mol. The first-order valence-corrected chi connectivity index (χ1v) is 45.4. The van der Waals surface area contributed by atoms with E-state index in [0.29, 0.717) is 381 Å². The van der Waals surface area contributed by atoms with Crippen LogP contribution >= 0.6 is 0 Å². The van der Waals surface area contributed by atoms with Crippen LogP contribution in [0.4, 0.5) is 0 Å². The van der Waals surface area contributed by atoms with Gasteiger partial charge < -0.3 is 147 Å². The van der Waals surface area contributed by atoms with Crippen LogP contribution in [-0.2, 0) is 142 Å². The summed E-state index contributed by atoms with van der Waals surface area (Å²) in [4.78, 5) is 0. The Morgan fingerprint density at radius 2 is 0.555 bits per heavy atom.